The van der Waals surface area contributed by atoms with Crippen LogP contribution in [0.5, 0.6) is 0 Å². The second-order valence-electron chi connectivity index (χ2n) is 2.80. The fraction of sp³-hybridized carbons (Fsp3) is 0.222. The molecule has 7 heteroatoms. The Hall–Kier alpha value is -0.700. The number of halogens is 2. The highest BCUT2D eigenvalue weighted by molar-refractivity contribution is 14.1. The molecule has 0 aliphatic heterocycles. The van der Waals surface area contributed by atoms with Crippen molar-refractivity contribution in [2.24, 2.45) is 0 Å². The maximum atomic E-state index is 12.7. The predicted octanol–water partition coefficient (Wildman–Crippen LogP) is 2.13. The number of carbonyl (C=O) groups excluding carboxylic acids is 1. The topological polar surface area (TPSA) is 60.4 Å². The summed E-state index contributed by atoms with van der Waals surface area (Å²) in [4.78, 5) is 10.9. The number of esters is 1. The zero-order chi connectivity index (χ0) is 12.3. The molecule has 16 heavy (non-hydrogen) atoms. The Morgan fingerprint density at radius 1 is 1.50 bits per heavy atom. The van der Waals surface area contributed by atoms with Gasteiger partial charge in [0, 0.05) is 3.57 Å². The first kappa shape index (κ1) is 13.4. The van der Waals surface area contributed by atoms with Crippen molar-refractivity contribution in [2.75, 3.05) is 6.61 Å². The average Bonchev–Trinajstić information content (AvgIpc) is 2.16. The fourth-order valence-corrected chi connectivity index (χ4v) is 2.07. The maximum Gasteiger partial charge on any atom is 0.339 e. The van der Waals surface area contributed by atoms with Crippen LogP contribution in [0, 0.1) is 3.57 Å². The molecule has 0 bridgehead atoms. The fourth-order valence-electron chi connectivity index (χ4n) is 1.02. The van der Waals surface area contributed by atoms with Gasteiger partial charge in [-0.05, 0) is 47.7 Å². The van der Waals surface area contributed by atoms with Crippen molar-refractivity contribution in [3.63, 3.8) is 0 Å². The molecule has 0 aliphatic rings. The minimum Gasteiger partial charge on any atom is -0.462 e. The number of ether oxygens (including phenoxy) is 1. The van der Waals surface area contributed by atoms with Gasteiger partial charge in [0.1, 0.15) is 0 Å². The van der Waals surface area contributed by atoms with Crippen LogP contribution in [0.1, 0.15) is 17.3 Å². The van der Waals surface area contributed by atoms with Crippen LogP contribution in [0.25, 0.3) is 0 Å². The van der Waals surface area contributed by atoms with Crippen LogP contribution >= 0.6 is 22.6 Å². The molecule has 88 valence electrons. The molecule has 1 aromatic rings. The van der Waals surface area contributed by atoms with E-state index in [-0.39, 0.29) is 12.2 Å². The van der Waals surface area contributed by atoms with Gasteiger partial charge in [0.2, 0.25) is 0 Å². The minimum absolute atomic E-state index is 0.0428. The van der Waals surface area contributed by atoms with Crippen LogP contribution in [-0.2, 0) is 15.0 Å². The largest absolute Gasteiger partial charge is 0.462 e. The van der Waals surface area contributed by atoms with Gasteiger partial charge in [0.25, 0.3) is 0 Å². The van der Waals surface area contributed by atoms with E-state index in [0.717, 1.165) is 12.1 Å². The standard InChI is InChI=1S/C9H8FIO4S/c1-2-15-9(12)7-5-6(16(10,13)14)3-4-8(7)11/h3-5H,2H2,1H3. The lowest BCUT2D eigenvalue weighted by molar-refractivity contribution is 0.0525. The first-order valence-electron chi connectivity index (χ1n) is 4.27. The number of benzene rings is 1. The number of rotatable bonds is 3. The van der Waals surface area contributed by atoms with Gasteiger partial charge in [0.15, 0.2) is 0 Å². The van der Waals surface area contributed by atoms with Gasteiger partial charge < -0.3 is 4.74 Å². The van der Waals surface area contributed by atoms with Crippen LogP contribution in [0.2, 0.25) is 0 Å². The van der Waals surface area contributed by atoms with Crippen molar-refractivity contribution in [1.29, 1.82) is 0 Å². The SMILES string of the molecule is CCOC(=O)c1cc(S(=O)(=O)F)ccc1I. The lowest BCUT2D eigenvalue weighted by atomic mass is 10.2. The zero-order valence-corrected chi connectivity index (χ0v) is 11.2. The van der Waals surface area contributed by atoms with E-state index < -0.39 is 21.1 Å². The summed E-state index contributed by atoms with van der Waals surface area (Å²) in [6.45, 7) is 1.79. The summed E-state index contributed by atoms with van der Waals surface area (Å²) in [6, 6.07) is 3.41. The van der Waals surface area contributed by atoms with Gasteiger partial charge in [-0.1, -0.05) is 0 Å². The van der Waals surface area contributed by atoms with Gasteiger partial charge in [-0.25, -0.2) is 4.79 Å². The second kappa shape index (κ2) is 5.09. The van der Waals surface area contributed by atoms with Crippen molar-refractivity contribution in [3.05, 3.63) is 27.3 Å². The summed E-state index contributed by atoms with van der Waals surface area (Å²) in [5, 5.41) is 0. The molecule has 0 atom stereocenters. The molecule has 0 aromatic heterocycles. The van der Waals surface area contributed by atoms with E-state index in [1.54, 1.807) is 6.92 Å². The van der Waals surface area contributed by atoms with E-state index in [4.69, 9.17) is 4.74 Å². The molecule has 0 aliphatic carbocycles. The summed E-state index contributed by atoms with van der Waals surface area (Å²) in [5.74, 6) is -0.669. The predicted molar refractivity (Wildman–Crippen MR) is 63.4 cm³/mol. The molecular formula is C9H8FIO4S. The van der Waals surface area contributed by atoms with Crippen molar-refractivity contribution in [1.82, 2.24) is 0 Å². The molecule has 1 rings (SSSR count). The summed E-state index contributed by atoms with van der Waals surface area (Å²) in [5.41, 5.74) is 0.0428. The van der Waals surface area contributed by atoms with Gasteiger partial charge in [0.05, 0.1) is 17.1 Å². The highest BCUT2D eigenvalue weighted by atomic mass is 127. The van der Waals surface area contributed by atoms with Crippen molar-refractivity contribution in [3.8, 4) is 0 Å². The van der Waals surface area contributed by atoms with Gasteiger partial charge in [-0.2, -0.15) is 8.42 Å². The Morgan fingerprint density at radius 3 is 2.62 bits per heavy atom. The first-order valence-corrected chi connectivity index (χ1v) is 6.74. The molecule has 4 nitrogen and oxygen atoms in total. The average molecular weight is 358 g/mol. The van der Waals surface area contributed by atoms with Crippen molar-refractivity contribution >= 4 is 38.8 Å². The molecule has 0 N–H and O–H groups in total. The first-order chi connectivity index (χ1) is 7.36. The van der Waals surface area contributed by atoms with Crippen molar-refractivity contribution in [2.45, 2.75) is 11.8 Å². The third-order valence-corrected chi connectivity index (χ3v) is 3.47. The van der Waals surface area contributed by atoms with Gasteiger partial charge in [-0.15, -0.1) is 3.89 Å². The summed E-state index contributed by atoms with van der Waals surface area (Å²) < 4.78 is 39.2. The molecule has 0 amide bonds. The molecule has 0 radical (unpaired) electrons. The smallest absolute Gasteiger partial charge is 0.339 e. The van der Waals surface area contributed by atoms with E-state index in [1.807, 2.05) is 22.6 Å². The Morgan fingerprint density at radius 2 is 2.12 bits per heavy atom. The van der Waals surface area contributed by atoms with E-state index in [1.165, 1.54) is 6.07 Å². The van der Waals surface area contributed by atoms with Gasteiger partial charge >= 0.3 is 16.2 Å². The molecule has 0 saturated heterocycles. The monoisotopic (exact) mass is 358 g/mol. The molecule has 0 saturated carbocycles. The summed E-state index contributed by atoms with van der Waals surface area (Å²) in [6.07, 6.45) is 0. The zero-order valence-electron chi connectivity index (χ0n) is 8.24. The highest BCUT2D eigenvalue weighted by Crippen LogP contribution is 2.20. The van der Waals surface area contributed by atoms with Crippen LogP contribution < -0.4 is 0 Å². The number of hydrogen-bond acceptors (Lipinski definition) is 4. The number of carbonyl (C=O) groups is 1. The normalized spacial score (nSPS) is 11.2. The number of hydrogen-bond donors (Lipinski definition) is 0. The third-order valence-electron chi connectivity index (χ3n) is 1.71. The van der Waals surface area contributed by atoms with E-state index in [2.05, 4.69) is 0 Å². The summed E-state index contributed by atoms with van der Waals surface area (Å²) >= 11 is 1.84. The summed E-state index contributed by atoms with van der Waals surface area (Å²) in [7, 11) is -4.80. The van der Waals surface area contributed by atoms with Crippen LogP contribution in [-0.4, -0.2) is 21.0 Å². The molecular weight excluding hydrogens is 350 g/mol. The van der Waals surface area contributed by atoms with Crippen LogP contribution in [0.4, 0.5) is 3.89 Å². The molecule has 0 heterocycles. The van der Waals surface area contributed by atoms with Crippen LogP contribution in [0.3, 0.4) is 0 Å². The lowest BCUT2D eigenvalue weighted by Gasteiger charge is -2.05. The third kappa shape index (κ3) is 3.14. The van der Waals surface area contributed by atoms with E-state index in [0.29, 0.717) is 3.57 Å². The van der Waals surface area contributed by atoms with E-state index in [9.17, 15) is 17.1 Å². The molecule has 0 unspecified atom stereocenters. The Balaban J connectivity index is 3.24. The molecule has 1 aromatic carbocycles. The van der Waals surface area contributed by atoms with Gasteiger partial charge in [-0.3, -0.25) is 0 Å². The quantitative estimate of drug-likeness (QED) is 0.472. The molecule has 0 spiro atoms. The molecule has 0 fully saturated rings. The van der Waals surface area contributed by atoms with Crippen molar-refractivity contribution < 1.29 is 21.8 Å². The lowest BCUT2D eigenvalue weighted by Crippen LogP contribution is -2.08. The Kier molecular flexibility index (Phi) is 4.25. The second-order valence-corrected chi connectivity index (χ2v) is 5.31. The van der Waals surface area contributed by atoms with Crippen LogP contribution in [0.15, 0.2) is 23.1 Å². The highest BCUT2D eigenvalue weighted by Gasteiger charge is 2.18. The maximum absolute atomic E-state index is 12.7. The van der Waals surface area contributed by atoms with E-state index >= 15 is 0 Å². The Bertz CT molecular complexity index is 512. The Labute approximate surface area is 106 Å². The minimum atomic E-state index is -4.80.